The van der Waals surface area contributed by atoms with Crippen LogP contribution in [0.5, 0.6) is 0 Å². The first kappa shape index (κ1) is 10.9. The number of aliphatic hydroxyl groups excluding tert-OH is 1. The van der Waals surface area contributed by atoms with Crippen molar-refractivity contribution in [1.29, 1.82) is 0 Å². The van der Waals surface area contributed by atoms with Crippen LogP contribution in [0.2, 0.25) is 5.02 Å². The average molecular weight is 219 g/mol. The molecule has 1 aromatic carbocycles. The highest BCUT2D eigenvalue weighted by molar-refractivity contribution is 6.30. The first-order valence-electron chi connectivity index (χ1n) is 3.86. The van der Waals surface area contributed by atoms with Crippen molar-refractivity contribution in [2.45, 2.75) is 12.5 Å². The third-order valence-corrected chi connectivity index (χ3v) is 2.00. The molecule has 0 aliphatic heterocycles. The lowest BCUT2D eigenvalue weighted by molar-refractivity contribution is -0.139. The molecule has 0 aromatic heterocycles. The topological polar surface area (TPSA) is 57.5 Å². The number of aliphatic hydroxyl groups is 1. The Balaban J connectivity index is 2.95. The van der Waals surface area contributed by atoms with Gasteiger partial charge in [0.2, 0.25) is 0 Å². The minimum absolute atomic E-state index is 0.0973. The average Bonchev–Trinajstić information content (AvgIpc) is 2.08. The molecule has 0 bridgehead atoms. The Kier molecular flexibility index (Phi) is 3.43. The SMILES string of the molecule is O=C(O)C[C@H](O)c1cccc(Cl)c1F. The van der Waals surface area contributed by atoms with E-state index in [0.717, 1.165) is 0 Å². The molecule has 76 valence electrons. The summed E-state index contributed by atoms with van der Waals surface area (Å²) in [5, 5.41) is 17.6. The van der Waals surface area contributed by atoms with Crippen LogP contribution in [0, 0.1) is 5.82 Å². The molecule has 3 nitrogen and oxygen atoms in total. The molecule has 0 amide bonds. The number of rotatable bonds is 3. The summed E-state index contributed by atoms with van der Waals surface area (Å²) >= 11 is 5.46. The Bertz CT molecular complexity index is 354. The van der Waals surface area contributed by atoms with Gasteiger partial charge < -0.3 is 10.2 Å². The number of halogens is 2. The van der Waals surface area contributed by atoms with Gasteiger partial charge in [-0.2, -0.15) is 0 Å². The highest BCUT2D eigenvalue weighted by Gasteiger charge is 2.17. The van der Waals surface area contributed by atoms with E-state index in [2.05, 4.69) is 0 Å². The summed E-state index contributed by atoms with van der Waals surface area (Å²) in [6.07, 6.45) is -1.91. The molecule has 5 heteroatoms. The monoisotopic (exact) mass is 218 g/mol. The molecule has 1 aromatic rings. The van der Waals surface area contributed by atoms with Gasteiger partial charge in [0.05, 0.1) is 17.5 Å². The van der Waals surface area contributed by atoms with Crippen molar-refractivity contribution < 1.29 is 19.4 Å². The van der Waals surface area contributed by atoms with Crippen LogP contribution in [0.15, 0.2) is 18.2 Å². The minimum atomic E-state index is -1.37. The standard InChI is InChI=1S/C9H8ClFO3/c10-6-3-1-2-5(9(6)11)7(12)4-8(13)14/h1-3,7,12H,4H2,(H,13,14)/t7-/m0/s1. The highest BCUT2D eigenvalue weighted by Crippen LogP contribution is 2.24. The number of hydrogen-bond donors (Lipinski definition) is 2. The summed E-state index contributed by atoms with van der Waals surface area (Å²) in [6.45, 7) is 0. The zero-order valence-electron chi connectivity index (χ0n) is 7.08. The van der Waals surface area contributed by atoms with Gasteiger partial charge in [-0.05, 0) is 6.07 Å². The molecule has 0 saturated heterocycles. The molecular weight excluding hydrogens is 211 g/mol. The summed E-state index contributed by atoms with van der Waals surface area (Å²) in [4.78, 5) is 10.3. The van der Waals surface area contributed by atoms with Crippen molar-refractivity contribution in [3.63, 3.8) is 0 Å². The Morgan fingerprint density at radius 1 is 1.57 bits per heavy atom. The van der Waals surface area contributed by atoms with Crippen molar-refractivity contribution in [2.24, 2.45) is 0 Å². The molecule has 0 aliphatic carbocycles. The first-order valence-corrected chi connectivity index (χ1v) is 4.24. The van der Waals surface area contributed by atoms with Crippen LogP contribution in [0.3, 0.4) is 0 Å². The number of carboxylic acids is 1. The van der Waals surface area contributed by atoms with Gasteiger partial charge in [0, 0.05) is 5.56 Å². The van der Waals surface area contributed by atoms with E-state index in [0.29, 0.717) is 0 Å². The number of hydrogen-bond acceptors (Lipinski definition) is 2. The fourth-order valence-corrected chi connectivity index (χ4v) is 1.24. The van der Waals surface area contributed by atoms with Crippen LogP contribution in [-0.4, -0.2) is 16.2 Å². The fourth-order valence-electron chi connectivity index (χ4n) is 1.05. The molecule has 0 unspecified atom stereocenters. The second-order valence-electron chi connectivity index (χ2n) is 2.76. The molecule has 1 atom stereocenters. The normalized spacial score (nSPS) is 12.5. The van der Waals surface area contributed by atoms with Crippen molar-refractivity contribution in [3.8, 4) is 0 Å². The zero-order valence-corrected chi connectivity index (χ0v) is 7.83. The van der Waals surface area contributed by atoms with Crippen LogP contribution < -0.4 is 0 Å². The van der Waals surface area contributed by atoms with E-state index in [1.54, 1.807) is 0 Å². The van der Waals surface area contributed by atoms with Gasteiger partial charge in [-0.25, -0.2) is 4.39 Å². The van der Waals surface area contributed by atoms with Gasteiger partial charge in [0.25, 0.3) is 0 Å². The van der Waals surface area contributed by atoms with Crippen LogP contribution in [0.25, 0.3) is 0 Å². The van der Waals surface area contributed by atoms with Gasteiger partial charge in [-0.1, -0.05) is 23.7 Å². The first-order chi connectivity index (χ1) is 6.52. The van der Waals surface area contributed by atoms with Crippen molar-refractivity contribution >= 4 is 17.6 Å². The third kappa shape index (κ3) is 2.43. The van der Waals surface area contributed by atoms with Gasteiger partial charge in [0.15, 0.2) is 0 Å². The van der Waals surface area contributed by atoms with Crippen molar-refractivity contribution in [3.05, 3.63) is 34.6 Å². The smallest absolute Gasteiger partial charge is 0.306 e. The summed E-state index contributed by atoms with van der Waals surface area (Å²) in [5.41, 5.74) is -0.0973. The van der Waals surface area contributed by atoms with E-state index in [4.69, 9.17) is 16.7 Å². The predicted molar refractivity (Wildman–Crippen MR) is 48.6 cm³/mol. The molecule has 0 saturated carbocycles. The fraction of sp³-hybridized carbons (Fsp3) is 0.222. The van der Waals surface area contributed by atoms with Gasteiger partial charge in [-0.3, -0.25) is 4.79 Å². The summed E-state index contributed by atoms with van der Waals surface area (Å²) < 4.78 is 13.2. The Morgan fingerprint density at radius 2 is 2.21 bits per heavy atom. The summed E-state index contributed by atoms with van der Waals surface area (Å²) in [7, 11) is 0. The largest absolute Gasteiger partial charge is 0.481 e. The number of benzene rings is 1. The number of aliphatic carboxylic acids is 1. The molecule has 0 spiro atoms. The number of carbonyl (C=O) groups is 1. The lowest BCUT2D eigenvalue weighted by atomic mass is 10.1. The maximum atomic E-state index is 13.2. The van der Waals surface area contributed by atoms with E-state index in [9.17, 15) is 14.3 Å². The summed E-state index contributed by atoms with van der Waals surface area (Å²) in [6, 6.07) is 4.08. The Morgan fingerprint density at radius 3 is 2.79 bits per heavy atom. The van der Waals surface area contributed by atoms with Crippen LogP contribution in [0.1, 0.15) is 18.1 Å². The predicted octanol–water partition coefficient (Wildman–Crippen LogP) is 1.99. The molecule has 2 N–H and O–H groups in total. The van der Waals surface area contributed by atoms with E-state index in [1.165, 1.54) is 18.2 Å². The lowest BCUT2D eigenvalue weighted by Gasteiger charge is -2.09. The lowest BCUT2D eigenvalue weighted by Crippen LogP contribution is -2.07. The van der Waals surface area contributed by atoms with E-state index < -0.39 is 24.3 Å². The maximum absolute atomic E-state index is 13.2. The van der Waals surface area contributed by atoms with E-state index in [1.807, 2.05) is 0 Å². The van der Waals surface area contributed by atoms with Crippen LogP contribution in [0.4, 0.5) is 4.39 Å². The number of carboxylic acid groups (broad SMARTS) is 1. The van der Waals surface area contributed by atoms with E-state index >= 15 is 0 Å². The van der Waals surface area contributed by atoms with E-state index in [-0.39, 0.29) is 10.6 Å². The minimum Gasteiger partial charge on any atom is -0.481 e. The van der Waals surface area contributed by atoms with Crippen LogP contribution in [-0.2, 0) is 4.79 Å². The molecule has 0 aliphatic rings. The summed E-state index contributed by atoms with van der Waals surface area (Å²) in [5.74, 6) is -1.97. The molecule has 1 rings (SSSR count). The molecule has 0 fully saturated rings. The quantitative estimate of drug-likeness (QED) is 0.816. The molecular formula is C9H8ClFO3. The second kappa shape index (κ2) is 4.39. The maximum Gasteiger partial charge on any atom is 0.306 e. The Hall–Kier alpha value is -1.13. The van der Waals surface area contributed by atoms with Gasteiger partial charge in [0.1, 0.15) is 5.82 Å². The van der Waals surface area contributed by atoms with Crippen LogP contribution >= 0.6 is 11.6 Å². The Labute approximate surface area is 84.7 Å². The second-order valence-corrected chi connectivity index (χ2v) is 3.16. The molecule has 14 heavy (non-hydrogen) atoms. The van der Waals surface area contributed by atoms with Crippen molar-refractivity contribution in [2.75, 3.05) is 0 Å². The van der Waals surface area contributed by atoms with Crippen molar-refractivity contribution in [1.82, 2.24) is 0 Å². The van der Waals surface area contributed by atoms with Gasteiger partial charge in [-0.15, -0.1) is 0 Å². The third-order valence-electron chi connectivity index (χ3n) is 1.71. The molecule has 0 heterocycles. The molecule has 0 radical (unpaired) electrons. The highest BCUT2D eigenvalue weighted by atomic mass is 35.5. The zero-order chi connectivity index (χ0) is 10.7. The van der Waals surface area contributed by atoms with Gasteiger partial charge >= 0.3 is 5.97 Å².